The molecule has 0 saturated carbocycles. The molecular weight excluding hydrogens is 230 g/mol. The van der Waals surface area contributed by atoms with Crippen LogP contribution in [0.2, 0.25) is 0 Å². The molecule has 0 aromatic rings. The highest BCUT2D eigenvalue weighted by molar-refractivity contribution is 8.01. The maximum atomic E-state index is 10.9. The van der Waals surface area contributed by atoms with Gasteiger partial charge in [-0.1, -0.05) is 5.16 Å². The number of hydrogen-bond donors (Lipinski definition) is 1. The van der Waals surface area contributed by atoms with Crippen LogP contribution in [0.3, 0.4) is 0 Å². The van der Waals surface area contributed by atoms with Crippen LogP contribution in [0, 0.1) is 0 Å². The smallest absolute Gasteiger partial charge is 0.435 e. The fraction of sp³-hybridized carbons (Fsp3) is 0.714. The van der Waals surface area contributed by atoms with E-state index in [-0.39, 0.29) is 12.3 Å². The van der Waals surface area contributed by atoms with Gasteiger partial charge < -0.3 is 14.7 Å². The second kappa shape index (κ2) is 5.31. The van der Waals surface area contributed by atoms with Crippen molar-refractivity contribution in [3.63, 3.8) is 0 Å². The van der Waals surface area contributed by atoms with Crippen molar-refractivity contribution < 1.29 is 19.5 Å². The van der Waals surface area contributed by atoms with Gasteiger partial charge in [-0.15, -0.1) is 23.4 Å². The average molecular weight is 240 g/mol. The van der Waals surface area contributed by atoms with E-state index in [0.29, 0.717) is 5.75 Å². The van der Waals surface area contributed by atoms with E-state index in [1.807, 2.05) is 0 Å². The maximum Gasteiger partial charge on any atom is 0.509 e. The number of carbonyl (C=O) groups excluding carboxylic acids is 1. The second-order valence-corrected chi connectivity index (χ2v) is 4.08. The van der Waals surface area contributed by atoms with Crippen LogP contribution in [0.4, 0.5) is 4.79 Å². The van der Waals surface area contributed by atoms with E-state index in [9.17, 15) is 4.79 Å². The summed E-state index contributed by atoms with van der Waals surface area (Å²) in [6.07, 6.45) is -0.781. The highest BCUT2D eigenvalue weighted by atomic mass is 35.5. The lowest BCUT2D eigenvalue weighted by Crippen LogP contribution is -2.25. The third-order valence-corrected chi connectivity index (χ3v) is 3.26. The Kier molecular flexibility index (Phi) is 4.34. The molecule has 1 rings (SSSR count). The van der Waals surface area contributed by atoms with Gasteiger partial charge in [-0.2, -0.15) is 0 Å². The normalized spacial score (nSPS) is 29.1. The van der Waals surface area contributed by atoms with E-state index in [4.69, 9.17) is 21.5 Å². The Hall–Kier alpha value is -0.620. The van der Waals surface area contributed by atoms with E-state index in [2.05, 4.69) is 9.89 Å². The third-order valence-electron chi connectivity index (χ3n) is 1.54. The summed E-state index contributed by atoms with van der Waals surface area (Å²) in [5, 5.41) is 11.2. The van der Waals surface area contributed by atoms with Gasteiger partial charge in [0, 0.05) is 5.75 Å². The van der Waals surface area contributed by atoms with E-state index >= 15 is 0 Å². The van der Waals surface area contributed by atoms with Gasteiger partial charge in [0.25, 0.3) is 0 Å². The van der Waals surface area contributed by atoms with Crippen LogP contribution in [-0.4, -0.2) is 40.2 Å². The molecule has 80 valence electrons. The van der Waals surface area contributed by atoms with E-state index in [0.717, 1.165) is 0 Å². The van der Waals surface area contributed by atoms with Gasteiger partial charge in [0.15, 0.2) is 5.44 Å². The van der Waals surface area contributed by atoms with Crippen LogP contribution >= 0.6 is 23.4 Å². The van der Waals surface area contributed by atoms with Gasteiger partial charge in [-0.25, -0.2) is 4.79 Å². The summed E-state index contributed by atoms with van der Waals surface area (Å²) < 4.78 is 9.43. The summed E-state index contributed by atoms with van der Waals surface area (Å²) in [5.74, 6) is 0.547. The standard InChI is InChI=1S/C7H10ClNO4S/c1-2-12-7(10)13-6-5(9-11)4(8)3-14-6/h4,6,11H,2-3H2,1H3. The SMILES string of the molecule is CCOC(=O)OC1SCC(Cl)C1=NO. The topological polar surface area (TPSA) is 68.1 Å². The summed E-state index contributed by atoms with van der Waals surface area (Å²) in [4.78, 5) is 10.9. The Balaban J connectivity index is 2.49. The van der Waals surface area contributed by atoms with Crippen molar-refractivity contribution in [2.75, 3.05) is 12.4 Å². The summed E-state index contributed by atoms with van der Waals surface area (Å²) in [6, 6.07) is 0. The highest BCUT2D eigenvalue weighted by Gasteiger charge is 2.35. The molecule has 1 fully saturated rings. The van der Waals surface area contributed by atoms with Crippen LogP contribution in [0.15, 0.2) is 5.16 Å². The Labute approximate surface area is 90.4 Å². The Morgan fingerprint density at radius 1 is 1.86 bits per heavy atom. The fourth-order valence-electron chi connectivity index (χ4n) is 0.934. The highest BCUT2D eigenvalue weighted by Crippen LogP contribution is 2.29. The quantitative estimate of drug-likeness (QED) is 0.344. The molecule has 1 saturated heterocycles. The van der Waals surface area contributed by atoms with Crippen molar-refractivity contribution in [1.29, 1.82) is 0 Å². The number of halogens is 1. The Morgan fingerprint density at radius 2 is 2.57 bits per heavy atom. The van der Waals surface area contributed by atoms with Crippen molar-refractivity contribution in [2.24, 2.45) is 5.16 Å². The monoisotopic (exact) mass is 239 g/mol. The van der Waals surface area contributed by atoms with Gasteiger partial charge >= 0.3 is 6.16 Å². The van der Waals surface area contributed by atoms with Crippen molar-refractivity contribution in [2.45, 2.75) is 17.7 Å². The molecule has 5 nitrogen and oxygen atoms in total. The van der Waals surface area contributed by atoms with Crippen molar-refractivity contribution in [3.05, 3.63) is 0 Å². The number of carbonyl (C=O) groups is 1. The lowest BCUT2D eigenvalue weighted by atomic mass is 10.3. The largest absolute Gasteiger partial charge is 0.509 e. The lowest BCUT2D eigenvalue weighted by molar-refractivity contribution is 0.0634. The molecule has 1 aliphatic heterocycles. The molecule has 0 aliphatic carbocycles. The predicted octanol–water partition coefficient (Wildman–Crippen LogP) is 1.67. The minimum absolute atomic E-state index is 0.242. The number of hydrogen-bond acceptors (Lipinski definition) is 6. The molecule has 1 N–H and O–H groups in total. The molecular formula is C7H10ClNO4S. The summed E-state index contributed by atoms with van der Waals surface area (Å²) >= 11 is 7.08. The summed E-state index contributed by atoms with van der Waals surface area (Å²) in [6.45, 7) is 1.92. The first-order valence-electron chi connectivity index (χ1n) is 4.00. The lowest BCUT2D eigenvalue weighted by Gasteiger charge is -2.10. The molecule has 0 spiro atoms. The zero-order valence-electron chi connectivity index (χ0n) is 7.47. The van der Waals surface area contributed by atoms with Gasteiger partial charge in [0.1, 0.15) is 5.71 Å². The zero-order valence-corrected chi connectivity index (χ0v) is 9.05. The summed E-state index contributed by atoms with van der Waals surface area (Å²) in [5.41, 5.74) is -0.383. The molecule has 1 heterocycles. The molecule has 7 heteroatoms. The molecule has 0 radical (unpaired) electrons. The second-order valence-electron chi connectivity index (χ2n) is 2.46. The van der Waals surface area contributed by atoms with Gasteiger partial charge in [-0.05, 0) is 6.92 Å². The molecule has 14 heavy (non-hydrogen) atoms. The van der Waals surface area contributed by atoms with Crippen LogP contribution in [0.25, 0.3) is 0 Å². The first kappa shape index (κ1) is 11.5. The fourth-order valence-corrected chi connectivity index (χ4v) is 2.43. The molecule has 2 unspecified atom stereocenters. The van der Waals surface area contributed by atoms with Gasteiger partial charge in [0.2, 0.25) is 0 Å². The van der Waals surface area contributed by atoms with E-state index < -0.39 is 17.0 Å². The number of rotatable bonds is 2. The van der Waals surface area contributed by atoms with Gasteiger partial charge in [-0.3, -0.25) is 0 Å². The first-order chi connectivity index (χ1) is 6.69. The van der Waals surface area contributed by atoms with E-state index in [1.165, 1.54) is 11.8 Å². The minimum Gasteiger partial charge on any atom is -0.435 e. The number of thioether (sulfide) groups is 1. The summed E-state index contributed by atoms with van der Waals surface area (Å²) in [7, 11) is 0. The van der Waals surface area contributed by atoms with E-state index in [1.54, 1.807) is 6.92 Å². The minimum atomic E-state index is -0.781. The van der Waals surface area contributed by atoms with Crippen molar-refractivity contribution >= 4 is 35.2 Å². The van der Waals surface area contributed by atoms with Crippen LogP contribution in [0.1, 0.15) is 6.92 Å². The molecule has 0 aromatic heterocycles. The average Bonchev–Trinajstić information content (AvgIpc) is 2.47. The molecule has 0 aromatic carbocycles. The maximum absolute atomic E-state index is 10.9. The van der Waals surface area contributed by atoms with Gasteiger partial charge in [0.05, 0.1) is 12.0 Å². The number of ether oxygens (including phenoxy) is 2. The zero-order chi connectivity index (χ0) is 10.6. The molecule has 1 aliphatic rings. The number of nitrogens with zero attached hydrogens (tertiary/aromatic N) is 1. The first-order valence-corrected chi connectivity index (χ1v) is 5.48. The third kappa shape index (κ3) is 2.68. The molecule has 2 atom stereocenters. The Morgan fingerprint density at radius 3 is 3.14 bits per heavy atom. The van der Waals surface area contributed by atoms with Crippen molar-refractivity contribution in [1.82, 2.24) is 0 Å². The molecule has 0 bridgehead atoms. The van der Waals surface area contributed by atoms with Crippen LogP contribution < -0.4 is 0 Å². The predicted molar refractivity (Wildman–Crippen MR) is 53.2 cm³/mol. The van der Waals surface area contributed by atoms with Crippen molar-refractivity contribution in [3.8, 4) is 0 Å². The Bertz CT molecular complexity index is 248. The van der Waals surface area contributed by atoms with Crippen LogP contribution in [0.5, 0.6) is 0 Å². The number of oxime groups is 1. The molecule has 0 amide bonds. The van der Waals surface area contributed by atoms with Crippen LogP contribution in [-0.2, 0) is 9.47 Å². The number of alkyl halides is 1.